The minimum absolute atomic E-state index is 0.450. The molecule has 3 aromatic carbocycles. The molecule has 0 amide bonds. The van der Waals surface area contributed by atoms with Gasteiger partial charge in [-0.3, -0.25) is 0 Å². The fourth-order valence-electron chi connectivity index (χ4n) is 2.60. The molecule has 0 N–H and O–H groups in total. The van der Waals surface area contributed by atoms with Crippen LogP contribution in [0.3, 0.4) is 0 Å². The van der Waals surface area contributed by atoms with Gasteiger partial charge in [0.05, 0.1) is 0 Å². The minimum Gasteiger partial charge on any atom is -0.117 e. The van der Waals surface area contributed by atoms with Crippen LogP contribution in [0.5, 0.6) is 0 Å². The van der Waals surface area contributed by atoms with Crippen molar-refractivity contribution in [3.05, 3.63) is 78.4 Å². The van der Waals surface area contributed by atoms with E-state index in [9.17, 15) is 0 Å². The molecule has 1 aliphatic rings. The first-order chi connectivity index (χ1) is 11.3. The van der Waals surface area contributed by atoms with E-state index in [1.165, 1.54) is 30.0 Å². The number of hydrogen-bond acceptors (Lipinski definition) is 3. The molecule has 114 valence electrons. The first-order valence-corrected chi connectivity index (χ1v) is 10.1. The normalized spacial score (nSPS) is 14.0. The fourth-order valence-corrected chi connectivity index (χ4v) is 6.26. The van der Waals surface area contributed by atoms with Gasteiger partial charge in [-0.05, 0) is 36.8 Å². The number of thioether (sulfide) groups is 1. The van der Waals surface area contributed by atoms with E-state index in [1.807, 2.05) is 35.3 Å². The molecule has 1 atom stereocenters. The van der Waals surface area contributed by atoms with E-state index in [0.29, 0.717) is 5.25 Å². The average molecular weight is 353 g/mol. The first kappa shape index (κ1) is 15.3. The van der Waals surface area contributed by atoms with Crippen LogP contribution in [0.1, 0.15) is 17.7 Å². The summed E-state index contributed by atoms with van der Waals surface area (Å²) in [4.78, 5) is 6.89. The Labute approximate surface area is 150 Å². The molecule has 1 heterocycles. The van der Waals surface area contributed by atoms with E-state index in [4.69, 9.17) is 0 Å². The lowest BCUT2D eigenvalue weighted by molar-refractivity contribution is 1.05. The van der Waals surface area contributed by atoms with Crippen molar-refractivity contribution in [3.8, 4) is 0 Å². The third-order valence-corrected chi connectivity index (χ3v) is 7.76. The van der Waals surface area contributed by atoms with E-state index < -0.39 is 0 Å². The van der Waals surface area contributed by atoms with Crippen LogP contribution in [0.15, 0.2) is 97.3 Å². The van der Waals surface area contributed by atoms with Crippen LogP contribution in [0, 0.1) is 0 Å². The van der Waals surface area contributed by atoms with E-state index in [1.54, 1.807) is 0 Å². The summed E-state index contributed by atoms with van der Waals surface area (Å²) in [5.41, 5.74) is 1.38. The zero-order chi connectivity index (χ0) is 15.6. The summed E-state index contributed by atoms with van der Waals surface area (Å²) in [5.74, 6) is 0. The lowest BCUT2D eigenvalue weighted by Crippen LogP contribution is -1.93. The molecular weight excluding hydrogens is 336 g/mol. The molecule has 0 nitrogen and oxygen atoms in total. The summed E-state index contributed by atoms with van der Waals surface area (Å²) >= 11 is 5.74. The maximum Gasteiger partial charge on any atom is 0.0398 e. The summed E-state index contributed by atoms with van der Waals surface area (Å²) in [6, 6.07) is 26.1. The van der Waals surface area contributed by atoms with Crippen molar-refractivity contribution >= 4 is 35.3 Å². The monoisotopic (exact) mass is 352 g/mol. The lowest BCUT2D eigenvalue weighted by Gasteiger charge is -2.22. The summed E-state index contributed by atoms with van der Waals surface area (Å²) < 4.78 is 0. The van der Waals surface area contributed by atoms with Gasteiger partial charge < -0.3 is 0 Å². The Balaban J connectivity index is 1.65. The molecule has 23 heavy (non-hydrogen) atoms. The summed E-state index contributed by atoms with van der Waals surface area (Å²) in [6.45, 7) is 2.29. The Morgan fingerprint density at radius 3 is 2.13 bits per heavy atom. The molecule has 0 radical (unpaired) electrons. The standard InChI is InChI=1S/C20H16S3/c1-14(15-8-3-2-4-9-15)21-18-12-7-13-19-20(18)23-17-11-6-5-10-16(17)22-19/h2-14H,1H3. The highest BCUT2D eigenvalue weighted by atomic mass is 32.2. The smallest absolute Gasteiger partial charge is 0.0398 e. The molecule has 0 bridgehead atoms. The van der Waals surface area contributed by atoms with Crippen LogP contribution < -0.4 is 0 Å². The van der Waals surface area contributed by atoms with Crippen LogP contribution in [0.25, 0.3) is 0 Å². The molecule has 0 aliphatic carbocycles. The molecule has 0 saturated carbocycles. The Morgan fingerprint density at radius 1 is 0.696 bits per heavy atom. The Hall–Kier alpha value is -1.29. The van der Waals surface area contributed by atoms with Gasteiger partial charge in [0.25, 0.3) is 0 Å². The quantitative estimate of drug-likeness (QED) is 0.359. The van der Waals surface area contributed by atoms with Gasteiger partial charge in [-0.25, -0.2) is 0 Å². The van der Waals surface area contributed by atoms with Crippen LogP contribution in [-0.2, 0) is 0 Å². The van der Waals surface area contributed by atoms with Crippen LogP contribution in [0.4, 0.5) is 0 Å². The number of benzene rings is 3. The third-order valence-electron chi connectivity index (χ3n) is 3.80. The van der Waals surface area contributed by atoms with E-state index in [2.05, 4.69) is 79.7 Å². The van der Waals surface area contributed by atoms with Gasteiger partial charge >= 0.3 is 0 Å². The molecule has 0 saturated heterocycles. The molecule has 3 aromatic rings. The van der Waals surface area contributed by atoms with Crippen LogP contribution in [0.2, 0.25) is 0 Å². The summed E-state index contributed by atoms with van der Waals surface area (Å²) in [7, 11) is 0. The topological polar surface area (TPSA) is 0 Å². The van der Waals surface area contributed by atoms with Gasteiger partial charge in [0.1, 0.15) is 0 Å². The summed E-state index contributed by atoms with van der Waals surface area (Å²) in [5, 5.41) is 0.450. The number of fused-ring (bicyclic) bond motifs is 2. The molecule has 0 spiro atoms. The molecule has 0 aromatic heterocycles. The second-order valence-corrected chi connectivity index (χ2v) is 8.92. The highest BCUT2D eigenvalue weighted by Gasteiger charge is 2.20. The molecule has 3 heteroatoms. The Kier molecular flexibility index (Phi) is 4.43. The van der Waals surface area contributed by atoms with Crippen LogP contribution in [-0.4, -0.2) is 0 Å². The summed E-state index contributed by atoms with van der Waals surface area (Å²) in [6.07, 6.45) is 0. The number of rotatable bonds is 3. The van der Waals surface area contributed by atoms with E-state index >= 15 is 0 Å². The Morgan fingerprint density at radius 2 is 1.35 bits per heavy atom. The van der Waals surface area contributed by atoms with Gasteiger partial charge in [0.2, 0.25) is 0 Å². The maximum atomic E-state index is 2.29. The fraction of sp³-hybridized carbons (Fsp3) is 0.100. The van der Waals surface area contributed by atoms with Crippen molar-refractivity contribution in [2.24, 2.45) is 0 Å². The largest absolute Gasteiger partial charge is 0.117 e. The van der Waals surface area contributed by atoms with Gasteiger partial charge in [-0.1, -0.05) is 72.1 Å². The van der Waals surface area contributed by atoms with Gasteiger partial charge in [-0.2, -0.15) is 0 Å². The van der Waals surface area contributed by atoms with Gasteiger partial charge in [0.15, 0.2) is 0 Å². The Bertz CT molecular complexity index is 827. The SMILES string of the molecule is CC(Sc1cccc2c1Sc1ccccc1S2)c1ccccc1. The molecule has 1 aliphatic heterocycles. The van der Waals surface area contributed by atoms with E-state index in [0.717, 1.165) is 0 Å². The zero-order valence-electron chi connectivity index (χ0n) is 12.7. The molecule has 4 rings (SSSR count). The van der Waals surface area contributed by atoms with Gasteiger partial charge in [0, 0.05) is 29.7 Å². The second kappa shape index (κ2) is 6.68. The van der Waals surface area contributed by atoms with E-state index in [-0.39, 0.29) is 0 Å². The van der Waals surface area contributed by atoms with Crippen molar-refractivity contribution < 1.29 is 0 Å². The highest BCUT2D eigenvalue weighted by Crippen LogP contribution is 2.52. The highest BCUT2D eigenvalue weighted by molar-refractivity contribution is 8.06. The van der Waals surface area contributed by atoms with Crippen molar-refractivity contribution in [2.45, 2.75) is 36.7 Å². The predicted molar refractivity (Wildman–Crippen MR) is 102 cm³/mol. The maximum absolute atomic E-state index is 2.29. The second-order valence-electron chi connectivity index (χ2n) is 5.41. The van der Waals surface area contributed by atoms with Crippen molar-refractivity contribution in [1.29, 1.82) is 0 Å². The van der Waals surface area contributed by atoms with Crippen molar-refractivity contribution in [2.75, 3.05) is 0 Å². The predicted octanol–water partition coefficient (Wildman–Crippen LogP) is 7.16. The lowest BCUT2D eigenvalue weighted by atomic mass is 10.2. The molecular formula is C20H16S3. The third kappa shape index (κ3) is 3.18. The molecule has 1 unspecified atom stereocenters. The van der Waals surface area contributed by atoms with Crippen molar-refractivity contribution in [1.82, 2.24) is 0 Å². The first-order valence-electron chi connectivity index (χ1n) is 7.60. The van der Waals surface area contributed by atoms with Crippen molar-refractivity contribution in [3.63, 3.8) is 0 Å². The molecule has 0 fully saturated rings. The van der Waals surface area contributed by atoms with Gasteiger partial charge in [-0.15, -0.1) is 11.8 Å². The zero-order valence-corrected chi connectivity index (χ0v) is 15.2. The average Bonchev–Trinajstić information content (AvgIpc) is 2.61. The minimum atomic E-state index is 0.450. The number of hydrogen-bond donors (Lipinski definition) is 0. The van der Waals surface area contributed by atoms with Crippen LogP contribution >= 0.6 is 35.3 Å².